The number of rotatable bonds is 9. The molecular weight excluding hydrogens is 208 g/mol. The SMILES string of the molecule is CCNC(CN(C)CCOC(C)C)C(=O)O. The highest BCUT2D eigenvalue weighted by atomic mass is 16.5. The summed E-state index contributed by atoms with van der Waals surface area (Å²) in [6.07, 6.45) is 0.220. The second kappa shape index (κ2) is 8.50. The van der Waals surface area contributed by atoms with Gasteiger partial charge >= 0.3 is 5.97 Å². The fourth-order valence-electron chi connectivity index (χ4n) is 1.32. The van der Waals surface area contributed by atoms with Gasteiger partial charge in [0, 0.05) is 13.1 Å². The quantitative estimate of drug-likeness (QED) is 0.603. The highest BCUT2D eigenvalue weighted by molar-refractivity contribution is 5.73. The molecule has 0 amide bonds. The molecule has 0 aliphatic carbocycles. The Morgan fingerprint density at radius 3 is 2.56 bits per heavy atom. The molecule has 1 unspecified atom stereocenters. The second-order valence-electron chi connectivity index (χ2n) is 4.13. The minimum atomic E-state index is -0.807. The first-order valence-corrected chi connectivity index (χ1v) is 5.73. The van der Waals surface area contributed by atoms with Gasteiger partial charge in [0.25, 0.3) is 0 Å². The van der Waals surface area contributed by atoms with Gasteiger partial charge in [0.1, 0.15) is 6.04 Å². The Hall–Kier alpha value is -0.650. The Labute approximate surface area is 97.8 Å². The van der Waals surface area contributed by atoms with Crippen LogP contribution in [0.5, 0.6) is 0 Å². The molecule has 0 rings (SSSR count). The van der Waals surface area contributed by atoms with E-state index >= 15 is 0 Å². The first-order chi connectivity index (χ1) is 7.47. The lowest BCUT2D eigenvalue weighted by atomic mass is 10.2. The molecule has 0 spiro atoms. The molecule has 0 aliphatic rings. The number of likely N-dealkylation sites (N-methyl/N-ethyl adjacent to an activating group) is 2. The van der Waals surface area contributed by atoms with Crippen LogP contribution in [0.2, 0.25) is 0 Å². The van der Waals surface area contributed by atoms with Crippen LogP contribution >= 0.6 is 0 Å². The number of carboxylic acids is 1. The molecule has 0 bridgehead atoms. The van der Waals surface area contributed by atoms with Gasteiger partial charge in [-0.1, -0.05) is 6.92 Å². The van der Waals surface area contributed by atoms with Gasteiger partial charge in [-0.15, -0.1) is 0 Å². The maximum absolute atomic E-state index is 10.9. The first kappa shape index (κ1) is 15.3. The lowest BCUT2D eigenvalue weighted by Gasteiger charge is -2.22. The summed E-state index contributed by atoms with van der Waals surface area (Å²) in [4.78, 5) is 12.8. The van der Waals surface area contributed by atoms with Crippen molar-refractivity contribution >= 4 is 5.97 Å². The Bertz CT molecular complexity index is 198. The Kier molecular flexibility index (Phi) is 8.15. The van der Waals surface area contributed by atoms with E-state index in [0.717, 1.165) is 6.54 Å². The molecule has 0 aliphatic heterocycles. The lowest BCUT2D eigenvalue weighted by molar-refractivity contribution is -0.140. The van der Waals surface area contributed by atoms with E-state index in [0.29, 0.717) is 19.7 Å². The fourth-order valence-corrected chi connectivity index (χ4v) is 1.32. The molecular formula is C11H24N2O3. The van der Waals surface area contributed by atoms with Crippen LogP contribution in [0.1, 0.15) is 20.8 Å². The normalized spacial score (nSPS) is 13.4. The molecule has 96 valence electrons. The number of nitrogens with one attached hydrogen (secondary N) is 1. The smallest absolute Gasteiger partial charge is 0.322 e. The van der Waals surface area contributed by atoms with Gasteiger partial charge in [-0.3, -0.25) is 4.79 Å². The van der Waals surface area contributed by atoms with E-state index in [1.807, 2.05) is 32.7 Å². The van der Waals surface area contributed by atoms with Crippen molar-refractivity contribution in [3.63, 3.8) is 0 Å². The van der Waals surface area contributed by atoms with Gasteiger partial charge in [-0.25, -0.2) is 0 Å². The highest BCUT2D eigenvalue weighted by Gasteiger charge is 2.17. The van der Waals surface area contributed by atoms with E-state index in [1.165, 1.54) is 0 Å². The van der Waals surface area contributed by atoms with Gasteiger partial charge in [0.15, 0.2) is 0 Å². The van der Waals surface area contributed by atoms with Crippen LogP contribution < -0.4 is 5.32 Å². The fraction of sp³-hybridized carbons (Fsp3) is 0.909. The van der Waals surface area contributed by atoms with Crippen molar-refractivity contribution in [2.24, 2.45) is 0 Å². The highest BCUT2D eigenvalue weighted by Crippen LogP contribution is 1.93. The maximum atomic E-state index is 10.9. The van der Waals surface area contributed by atoms with E-state index < -0.39 is 12.0 Å². The van der Waals surface area contributed by atoms with Crippen LogP contribution in [0.4, 0.5) is 0 Å². The zero-order valence-corrected chi connectivity index (χ0v) is 10.7. The second-order valence-corrected chi connectivity index (χ2v) is 4.13. The van der Waals surface area contributed by atoms with Crippen LogP contribution in [-0.2, 0) is 9.53 Å². The van der Waals surface area contributed by atoms with Crippen molar-refractivity contribution < 1.29 is 14.6 Å². The summed E-state index contributed by atoms with van der Waals surface area (Å²) in [7, 11) is 1.90. The third-order valence-corrected chi connectivity index (χ3v) is 2.17. The topological polar surface area (TPSA) is 61.8 Å². The molecule has 16 heavy (non-hydrogen) atoms. The van der Waals surface area contributed by atoms with E-state index in [9.17, 15) is 4.79 Å². The first-order valence-electron chi connectivity index (χ1n) is 5.73. The summed E-state index contributed by atoms with van der Waals surface area (Å²) >= 11 is 0. The van der Waals surface area contributed by atoms with Crippen LogP contribution in [0.15, 0.2) is 0 Å². The summed E-state index contributed by atoms with van der Waals surface area (Å²) < 4.78 is 5.40. The number of carboxylic acid groups (broad SMARTS) is 1. The molecule has 0 radical (unpaired) electrons. The van der Waals surface area contributed by atoms with Crippen molar-refractivity contribution in [3.05, 3.63) is 0 Å². The van der Waals surface area contributed by atoms with Crippen molar-refractivity contribution in [3.8, 4) is 0 Å². The zero-order chi connectivity index (χ0) is 12.6. The van der Waals surface area contributed by atoms with E-state index in [4.69, 9.17) is 9.84 Å². The van der Waals surface area contributed by atoms with Crippen molar-refractivity contribution in [1.82, 2.24) is 10.2 Å². The molecule has 0 heterocycles. The molecule has 0 aromatic carbocycles. The summed E-state index contributed by atoms with van der Waals surface area (Å²) in [5.74, 6) is -0.807. The van der Waals surface area contributed by atoms with E-state index in [-0.39, 0.29) is 6.10 Å². The largest absolute Gasteiger partial charge is 0.480 e. The summed E-state index contributed by atoms with van der Waals surface area (Å²) in [5.41, 5.74) is 0. The molecule has 0 aromatic heterocycles. The number of ether oxygens (including phenoxy) is 1. The van der Waals surface area contributed by atoms with Crippen molar-refractivity contribution in [2.45, 2.75) is 32.9 Å². The third-order valence-electron chi connectivity index (χ3n) is 2.17. The number of hydrogen-bond acceptors (Lipinski definition) is 4. The van der Waals surface area contributed by atoms with Gasteiger partial charge in [0.2, 0.25) is 0 Å². The van der Waals surface area contributed by atoms with E-state index in [1.54, 1.807) is 0 Å². The monoisotopic (exact) mass is 232 g/mol. The average Bonchev–Trinajstić information content (AvgIpc) is 2.16. The third kappa shape index (κ3) is 7.62. The Morgan fingerprint density at radius 1 is 1.50 bits per heavy atom. The summed E-state index contributed by atoms with van der Waals surface area (Å²) in [6, 6.07) is -0.506. The molecule has 2 N–H and O–H groups in total. The molecule has 0 fully saturated rings. The average molecular weight is 232 g/mol. The minimum Gasteiger partial charge on any atom is -0.480 e. The predicted molar refractivity (Wildman–Crippen MR) is 63.7 cm³/mol. The van der Waals surface area contributed by atoms with Crippen LogP contribution in [0.3, 0.4) is 0 Å². The standard InChI is InChI=1S/C11H24N2O3/c1-5-12-10(11(14)15)8-13(4)6-7-16-9(2)3/h9-10,12H,5-8H2,1-4H3,(H,14,15). The van der Waals surface area contributed by atoms with Crippen LogP contribution in [-0.4, -0.2) is 61.4 Å². The molecule has 0 saturated heterocycles. The van der Waals surface area contributed by atoms with Gasteiger partial charge < -0.3 is 20.1 Å². The number of carbonyl (C=O) groups is 1. The van der Waals surface area contributed by atoms with Gasteiger partial charge in [-0.05, 0) is 27.4 Å². The zero-order valence-electron chi connectivity index (χ0n) is 10.7. The Morgan fingerprint density at radius 2 is 2.12 bits per heavy atom. The Balaban J connectivity index is 3.81. The maximum Gasteiger partial charge on any atom is 0.322 e. The molecule has 0 saturated carbocycles. The van der Waals surface area contributed by atoms with Crippen molar-refractivity contribution in [1.29, 1.82) is 0 Å². The van der Waals surface area contributed by atoms with E-state index in [2.05, 4.69) is 5.32 Å². The molecule has 5 heteroatoms. The number of aliphatic carboxylic acids is 1. The summed E-state index contributed by atoms with van der Waals surface area (Å²) in [5, 5.41) is 11.9. The van der Waals surface area contributed by atoms with Crippen LogP contribution in [0.25, 0.3) is 0 Å². The minimum absolute atomic E-state index is 0.220. The van der Waals surface area contributed by atoms with Crippen LogP contribution in [0, 0.1) is 0 Å². The lowest BCUT2D eigenvalue weighted by Crippen LogP contribution is -2.45. The summed E-state index contributed by atoms with van der Waals surface area (Å²) in [6.45, 7) is 8.40. The predicted octanol–water partition coefficient (Wildman–Crippen LogP) is 0.406. The van der Waals surface area contributed by atoms with Crippen molar-refractivity contribution in [2.75, 3.05) is 33.3 Å². The number of nitrogens with zero attached hydrogens (tertiary/aromatic N) is 1. The molecule has 5 nitrogen and oxygen atoms in total. The molecule has 1 atom stereocenters. The van der Waals surface area contributed by atoms with Gasteiger partial charge in [-0.2, -0.15) is 0 Å². The van der Waals surface area contributed by atoms with Gasteiger partial charge in [0.05, 0.1) is 12.7 Å². The number of hydrogen-bond donors (Lipinski definition) is 2. The molecule has 0 aromatic rings.